The van der Waals surface area contributed by atoms with Gasteiger partial charge in [0, 0.05) is 23.6 Å². The summed E-state index contributed by atoms with van der Waals surface area (Å²) in [6.45, 7) is 5.52. The summed E-state index contributed by atoms with van der Waals surface area (Å²) in [4.78, 5) is 21.0. The van der Waals surface area contributed by atoms with E-state index in [4.69, 9.17) is 14.5 Å². The van der Waals surface area contributed by atoms with Crippen LogP contribution in [0.15, 0.2) is 64.5 Å². The van der Waals surface area contributed by atoms with Crippen molar-refractivity contribution >= 4 is 33.3 Å². The van der Waals surface area contributed by atoms with Crippen molar-refractivity contribution < 1.29 is 9.47 Å². The van der Waals surface area contributed by atoms with Crippen LogP contribution in [0.3, 0.4) is 0 Å². The summed E-state index contributed by atoms with van der Waals surface area (Å²) in [6, 6.07) is 18.4. The molecule has 1 aliphatic rings. The van der Waals surface area contributed by atoms with Crippen LogP contribution in [-0.2, 0) is 36.5 Å². The number of aryl methyl sites for hydroxylation is 1. The molecule has 0 spiro atoms. The maximum Gasteiger partial charge on any atom is 0.263 e. The van der Waals surface area contributed by atoms with Crippen molar-refractivity contribution in [2.45, 2.75) is 56.9 Å². The standard InChI is InChI=1S/C28H30N2O3S2/c1-18(2)23-15-22-24(16-33-23)35-26-25(22)27(31)30(14-13-19-7-5-4-6-8-19)28(29-26)34-17-20-9-11-21(32-3)12-10-20/h4-12,18,23H,13-17H2,1-3H3/t23-/m0/s1. The van der Waals surface area contributed by atoms with Gasteiger partial charge in [-0.25, -0.2) is 4.98 Å². The highest BCUT2D eigenvalue weighted by atomic mass is 32.2. The second kappa shape index (κ2) is 10.6. The second-order valence-corrected chi connectivity index (χ2v) is 11.2. The average molecular weight is 507 g/mol. The number of thiophene rings is 1. The third-order valence-electron chi connectivity index (χ3n) is 6.53. The first kappa shape index (κ1) is 24.1. The van der Waals surface area contributed by atoms with Crippen LogP contribution < -0.4 is 10.3 Å². The van der Waals surface area contributed by atoms with Gasteiger partial charge in [0.05, 0.1) is 25.2 Å². The topological polar surface area (TPSA) is 53.3 Å². The van der Waals surface area contributed by atoms with Crippen LogP contribution in [-0.4, -0.2) is 22.8 Å². The van der Waals surface area contributed by atoms with Crippen molar-refractivity contribution in [3.8, 4) is 5.75 Å². The summed E-state index contributed by atoms with van der Waals surface area (Å²) < 4.78 is 13.2. The zero-order valence-electron chi connectivity index (χ0n) is 20.3. The van der Waals surface area contributed by atoms with Crippen molar-refractivity contribution in [1.29, 1.82) is 0 Å². The Kier molecular flexibility index (Phi) is 7.27. The number of nitrogens with zero attached hydrogens (tertiary/aromatic N) is 2. The molecule has 0 saturated heterocycles. The molecule has 0 amide bonds. The maximum atomic E-state index is 13.9. The highest BCUT2D eigenvalue weighted by Crippen LogP contribution is 2.36. The smallest absolute Gasteiger partial charge is 0.263 e. The number of thioether (sulfide) groups is 1. The molecular formula is C28H30N2O3S2. The van der Waals surface area contributed by atoms with Crippen LogP contribution in [0, 0.1) is 5.92 Å². The fourth-order valence-corrected chi connectivity index (χ4v) is 6.58. The minimum atomic E-state index is 0.0741. The fraction of sp³-hybridized carbons (Fsp3) is 0.357. The lowest BCUT2D eigenvalue weighted by atomic mass is 9.96. The van der Waals surface area contributed by atoms with Crippen LogP contribution >= 0.6 is 23.1 Å². The molecule has 2 aromatic carbocycles. The van der Waals surface area contributed by atoms with Gasteiger partial charge in [0.2, 0.25) is 0 Å². The Bertz CT molecular complexity index is 1360. The Morgan fingerprint density at radius 1 is 1.14 bits per heavy atom. The van der Waals surface area contributed by atoms with E-state index in [-0.39, 0.29) is 11.7 Å². The van der Waals surface area contributed by atoms with Crippen molar-refractivity contribution in [3.05, 3.63) is 86.5 Å². The fourth-order valence-electron chi connectivity index (χ4n) is 4.43. The Labute approximate surface area is 214 Å². The zero-order chi connectivity index (χ0) is 24.4. The molecule has 0 unspecified atom stereocenters. The number of rotatable bonds is 8. The van der Waals surface area contributed by atoms with Gasteiger partial charge in [-0.3, -0.25) is 9.36 Å². The minimum absolute atomic E-state index is 0.0741. The summed E-state index contributed by atoms with van der Waals surface area (Å²) in [5.74, 6) is 1.98. The van der Waals surface area contributed by atoms with Crippen LogP contribution in [0.4, 0.5) is 0 Å². The molecule has 2 aromatic heterocycles. The van der Waals surface area contributed by atoms with Gasteiger partial charge in [0.1, 0.15) is 10.6 Å². The SMILES string of the molecule is COc1ccc(CSc2nc3sc4c(c3c(=O)n2CCc2ccccc2)C[C@@H](C(C)C)OC4)cc1. The number of aromatic nitrogens is 2. The quantitative estimate of drug-likeness (QED) is 0.214. The van der Waals surface area contributed by atoms with Crippen molar-refractivity contribution in [2.75, 3.05) is 7.11 Å². The summed E-state index contributed by atoms with van der Waals surface area (Å²) >= 11 is 3.23. The summed E-state index contributed by atoms with van der Waals surface area (Å²) in [7, 11) is 1.67. The predicted molar refractivity (Wildman–Crippen MR) is 144 cm³/mol. The molecule has 7 heteroatoms. The van der Waals surface area contributed by atoms with E-state index in [2.05, 4.69) is 38.1 Å². The van der Waals surface area contributed by atoms with E-state index in [0.29, 0.717) is 19.1 Å². The minimum Gasteiger partial charge on any atom is -0.497 e. The Morgan fingerprint density at radius 3 is 2.63 bits per heavy atom. The van der Waals surface area contributed by atoms with Crippen LogP contribution in [0.5, 0.6) is 5.75 Å². The number of benzene rings is 2. The molecule has 1 atom stereocenters. The van der Waals surface area contributed by atoms with E-state index in [1.54, 1.807) is 30.2 Å². The number of ether oxygens (including phenoxy) is 2. The molecule has 5 rings (SSSR count). The number of fused-ring (bicyclic) bond motifs is 3. The molecule has 0 radical (unpaired) electrons. The van der Waals surface area contributed by atoms with Gasteiger partial charge in [-0.05, 0) is 41.2 Å². The van der Waals surface area contributed by atoms with Crippen LogP contribution in [0.1, 0.15) is 35.4 Å². The molecule has 0 N–H and O–H groups in total. The molecule has 1 aliphatic heterocycles. The van der Waals surface area contributed by atoms with Gasteiger partial charge in [0.15, 0.2) is 5.16 Å². The molecule has 0 fully saturated rings. The number of methoxy groups -OCH3 is 1. The predicted octanol–water partition coefficient (Wildman–Crippen LogP) is 6.10. The molecule has 3 heterocycles. The average Bonchev–Trinajstić information content (AvgIpc) is 3.25. The zero-order valence-corrected chi connectivity index (χ0v) is 22.0. The number of hydrogen-bond donors (Lipinski definition) is 0. The molecule has 5 nitrogen and oxygen atoms in total. The Hall–Kier alpha value is -2.61. The lowest BCUT2D eigenvalue weighted by molar-refractivity contribution is 0.00200. The normalized spacial score (nSPS) is 15.5. The molecule has 35 heavy (non-hydrogen) atoms. The first-order valence-electron chi connectivity index (χ1n) is 12.0. The van der Waals surface area contributed by atoms with Crippen molar-refractivity contribution in [1.82, 2.24) is 9.55 Å². The largest absolute Gasteiger partial charge is 0.497 e. The Morgan fingerprint density at radius 2 is 1.91 bits per heavy atom. The lowest BCUT2D eigenvalue weighted by Gasteiger charge is -2.26. The molecule has 4 aromatic rings. The van der Waals surface area contributed by atoms with Crippen molar-refractivity contribution in [2.24, 2.45) is 5.92 Å². The van der Waals surface area contributed by atoms with E-state index in [0.717, 1.165) is 50.2 Å². The van der Waals surface area contributed by atoms with Gasteiger partial charge in [-0.15, -0.1) is 11.3 Å². The van der Waals surface area contributed by atoms with Crippen molar-refractivity contribution in [3.63, 3.8) is 0 Å². The highest BCUT2D eigenvalue weighted by molar-refractivity contribution is 7.98. The van der Waals surface area contributed by atoms with E-state index in [9.17, 15) is 4.79 Å². The Balaban J connectivity index is 1.51. The van der Waals surface area contributed by atoms with Gasteiger partial charge in [-0.1, -0.05) is 68.1 Å². The number of hydrogen-bond acceptors (Lipinski definition) is 6. The van der Waals surface area contributed by atoms with E-state index in [1.807, 2.05) is 34.9 Å². The van der Waals surface area contributed by atoms with E-state index >= 15 is 0 Å². The molecule has 0 aliphatic carbocycles. The molecule has 0 saturated carbocycles. The second-order valence-electron chi connectivity index (χ2n) is 9.21. The monoisotopic (exact) mass is 506 g/mol. The molecular weight excluding hydrogens is 476 g/mol. The molecule has 182 valence electrons. The first-order chi connectivity index (χ1) is 17.0. The third-order valence-corrected chi connectivity index (χ3v) is 8.68. The van der Waals surface area contributed by atoms with Gasteiger partial charge < -0.3 is 9.47 Å². The molecule has 0 bridgehead atoms. The third kappa shape index (κ3) is 5.17. The summed E-state index contributed by atoms with van der Waals surface area (Å²) in [5.41, 5.74) is 3.60. The highest BCUT2D eigenvalue weighted by Gasteiger charge is 2.28. The van der Waals surface area contributed by atoms with Gasteiger partial charge >= 0.3 is 0 Å². The van der Waals surface area contributed by atoms with E-state index in [1.165, 1.54) is 11.1 Å². The maximum absolute atomic E-state index is 13.9. The van der Waals surface area contributed by atoms with Crippen LogP contribution in [0.25, 0.3) is 10.2 Å². The van der Waals surface area contributed by atoms with Crippen LogP contribution in [0.2, 0.25) is 0 Å². The summed E-state index contributed by atoms with van der Waals surface area (Å²) in [5, 5.41) is 1.56. The van der Waals surface area contributed by atoms with Gasteiger partial charge in [0.25, 0.3) is 5.56 Å². The first-order valence-corrected chi connectivity index (χ1v) is 13.8. The summed E-state index contributed by atoms with van der Waals surface area (Å²) in [6.07, 6.45) is 1.70. The van der Waals surface area contributed by atoms with Gasteiger partial charge in [-0.2, -0.15) is 0 Å². The lowest BCUT2D eigenvalue weighted by Crippen LogP contribution is -2.29. The van der Waals surface area contributed by atoms with E-state index < -0.39 is 0 Å².